The number of hydrogen-bond donors (Lipinski definition) is 2. The number of amides is 1. The molecule has 2 atom stereocenters. The van der Waals surface area contributed by atoms with Crippen molar-refractivity contribution in [2.45, 2.75) is 96.4 Å². The average Bonchev–Trinajstić information content (AvgIpc) is 2.67. The molecule has 0 spiro atoms. The lowest BCUT2D eigenvalue weighted by molar-refractivity contribution is -0.175. The Kier molecular flexibility index (Phi) is 5.27. The molecule has 0 bridgehead atoms. The Hall–Kier alpha value is -0.810. The molecule has 5 heteroatoms. The van der Waals surface area contributed by atoms with Gasteiger partial charge in [0.15, 0.2) is 0 Å². The smallest absolute Gasteiger partial charge is 0.407 e. The van der Waals surface area contributed by atoms with Crippen LogP contribution in [0.5, 0.6) is 0 Å². The number of carboxylic acid groups (broad SMARTS) is 1. The summed E-state index contributed by atoms with van der Waals surface area (Å²) in [7, 11) is 0. The van der Waals surface area contributed by atoms with Crippen molar-refractivity contribution in [1.82, 2.24) is 4.90 Å². The Labute approximate surface area is 146 Å². The summed E-state index contributed by atoms with van der Waals surface area (Å²) in [5.41, 5.74) is 6.03. The van der Waals surface area contributed by atoms with Gasteiger partial charge in [-0.15, -0.1) is 0 Å². The third-order valence-corrected chi connectivity index (χ3v) is 5.76. The summed E-state index contributed by atoms with van der Waals surface area (Å²) >= 11 is 0. The fourth-order valence-electron chi connectivity index (χ4n) is 5.05. The van der Waals surface area contributed by atoms with Gasteiger partial charge >= 0.3 is 6.09 Å². The predicted octanol–water partition coefficient (Wildman–Crippen LogP) is 3.86. The first-order valence-corrected chi connectivity index (χ1v) is 9.28. The summed E-state index contributed by atoms with van der Waals surface area (Å²) in [4.78, 5) is 13.0. The Bertz CT molecular complexity index is 457. The zero-order valence-corrected chi connectivity index (χ0v) is 16.3. The number of hydrogen-bond acceptors (Lipinski definition) is 3. The van der Waals surface area contributed by atoms with E-state index in [2.05, 4.69) is 27.7 Å². The Balaban J connectivity index is 1.89. The molecule has 0 radical (unpaired) electrons. The van der Waals surface area contributed by atoms with Gasteiger partial charge in [-0.05, 0) is 85.5 Å². The largest absolute Gasteiger partial charge is 0.465 e. The molecule has 2 aliphatic heterocycles. The maximum absolute atomic E-state index is 11.4. The highest BCUT2D eigenvalue weighted by molar-refractivity contribution is 5.66. The molecule has 0 aromatic heterocycles. The van der Waals surface area contributed by atoms with Crippen LogP contribution in [0, 0.1) is 11.8 Å². The van der Waals surface area contributed by atoms with Crippen LogP contribution in [0.15, 0.2) is 0 Å². The Morgan fingerprint density at radius 3 is 2.17 bits per heavy atom. The highest BCUT2D eigenvalue weighted by Crippen LogP contribution is 2.41. The lowest BCUT2D eigenvalue weighted by Crippen LogP contribution is -2.49. The molecule has 1 amide bonds. The van der Waals surface area contributed by atoms with Crippen molar-refractivity contribution in [1.29, 1.82) is 0 Å². The van der Waals surface area contributed by atoms with Gasteiger partial charge in [0, 0.05) is 18.1 Å². The van der Waals surface area contributed by atoms with Gasteiger partial charge in [0.2, 0.25) is 0 Å². The first-order valence-electron chi connectivity index (χ1n) is 9.28. The molecular weight excluding hydrogens is 304 g/mol. The maximum atomic E-state index is 11.4. The quantitative estimate of drug-likeness (QED) is 0.815. The monoisotopic (exact) mass is 340 g/mol. The Morgan fingerprint density at radius 2 is 1.71 bits per heavy atom. The van der Waals surface area contributed by atoms with E-state index in [1.165, 1.54) is 0 Å². The van der Waals surface area contributed by atoms with Crippen molar-refractivity contribution < 1.29 is 14.6 Å². The Morgan fingerprint density at radius 1 is 1.17 bits per heavy atom. The SMILES string of the molecule is CC1(C)CC(C(N)CC[C@@H]2CN(C(=O)O)C(C)(C)C2)CC(C)(C)O1. The van der Waals surface area contributed by atoms with Crippen molar-refractivity contribution in [3.63, 3.8) is 0 Å². The summed E-state index contributed by atoms with van der Waals surface area (Å²) in [5.74, 6) is 0.886. The minimum absolute atomic E-state index is 0.126. The van der Waals surface area contributed by atoms with E-state index >= 15 is 0 Å². The summed E-state index contributed by atoms with van der Waals surface area (Å²) in [5, 5.41) is 9.35. The lowest BCUT2D eigenvalue weighted by atomic mass is 9.75. The standard InChI is InChI=1S/C19H36N2O3/c1-17(2)9-13(12-21(17)16(22)23)7-8-15(20)14-10-18(3,4)24-19(5,6)11-14/h13-15H,7-12,20H2,1-6H3,(H,22,23)/t13-,15?/m0/s1. The van der Waals surface area contributed by atoms with Crippen LogP contribution in [0.3, 0.4) is 0 Å². The van der Waals surface area contributed by atoms with Crippen LogP contribution in [-0.4, -0.2) is 45.4 Å². The first-order chi connectivity index (χ1) is 10.8. The number of nitrogens with zero attached hydrogens (tertiary/aromatic N) is 1. The molecule has 0 saturated carbocycles. The number of ether oxygens (including phenoxy) is 1. The molecule has 2 heterocycles. The van der Waals surface area contributed by atoms with Crippen LogP contribution in [0.1, 0.15) is 73.6 Å². The van der Waals surface area contributed by atoms with Crippen LogP contribution in [0.2, 0.25) is 0 Å². The molecular formula is C19H36N2O3. The van der Waals surface area contributed by atoms with Crippen LogP contribution in [0.4, 0.5) is 4.79 Å². The molecule has 0 aromatic rings. The molecule has 0 aliphatic carbocycles. The van der Waals surface area contributed by atoms with Gasteiger partial charge < -0.3 is 20.5 Å². The van der Waals surface area contributed by atoms with E-state index in [1.807, 2.05) is 13.8 Å². The normalized spacial score (nSPS) is 30.3. The van der Waals surface area contributed by atoms with Crippen molar-refractivity contribution >= 4 is 6.09 Å². The second kappa shape index (κ2) is 6.49. The maximum Gasteiger partial charge on any atom is 0.407 e. The molecule has 3 N–H and O–H groups in total. The zero-order valence-electron chi connectivity index (χ0n) is 16.3. The van der Waals surface area contributed by atoms with E-state index in [4.69, 9.17) is 10.5 Å². The van der Waals surface area contributed by atoms with E-state index in [0.717, 1.165) is 32.1 Å². The minimum atomic E-state index is -0.806. The van der Waals surface area contributed by atoms with Crippen LogP contribution in [0.25, 0.3) is 0 Å². The van der Waals surface area contributed by atoms with Crippen molar-refractivity contribution in [3.05, 3.63) is 0 Å². The highest BCUT2D eigenvalue weighted by Gasteiger charge is 2.43. The van der Waals surface area contributed by atoms with Gasteiger partial charge in [-0.2, -0.15) is 0 Å². The lowest BCUT2D eigenvalue weighted by Gasteiger charge is -2.47. The second-order valence-electron chi connectivity index (χ2n) is 9.81. The van der Waals surface area contributed by atoms with Gasteiger partial charge in [-0.25, -0.2) is 4.79 Å². The van der Waals surface area contributed by atoms with E-state index in [0.29, 0.717) is 18.4 Å². The van der Waals surface area contributed by atoms with E-state index in [9.17, 15) is 9.90 Å². The highest BCUT2D eigenvalue weighted by atomic mass is 16.5. The molecule has 5 nitrogen and oxygen atoms in total. The number of nitrogens with two attached hydrogens (primary N) is 1. The van der Waals surface area contributed by atoms with Crippen LogP contribution < -0.4 is 5.73 Å². The molecule has 140 valence electrons. The third-order valence-electron chi connectivity index (χ3n) is 5.76. The van der Waals surface area contributed by atoms with Crippen molar-refractivity contribution in [3.8, 4) is 0 Å². The molecule has 1 unspecified atom stereocenters. The minimum Gasteiger partial charge on any atom is -0.465 e. The molecule has 2 fully saturated rings. The van der Waals surface area contributed by atoms with Gasteiger partial charge in [-0.3, -0.25) is 0 Å². The fraction of sp³-hybridized carbons (Fsp3) is 0.947. The molecule has 2 rings (SSSR count). The first kappa shape index (κ1) is 19.5. The number of likely N-dealkylation sites (tertiary alicyclic amines) is 1. The van der Waals surface area contributed by atoms with Gasteiger partial charge in [0.25, 0.3) is 0 Å². The fourth-order valence-corrected chi connectivity index (χ4v) is 5.05. The van der Waals surface area contributed by atoms with Gasteiger partial charge in [0.1, 0.15) is 0 Å². The van der Waals surface area contributed by atoms with E-state index in [1.54, 1.807) is 4.90 Å². The molecule has 24 heavy (non-hydrogen) atoms. The third kappa shape index (κ3) is 4.63. The second-order valence-corrected chi connectivity index (χ2v) is 9.81. The van der Waals surface area contributed by atoms with Gasteiger partial charge in [-0.1, -0.05) is 0 Å². The molecule has 2 aliphatic rings. The summed E-state index contributed by atoms with van der Waals surface area (Å²) in [6.07, 6.45) is 4.08. The van der Waals surface area contributed by atoms with Crippen LogP contribution >= 0.6 is 0 Å². The van der Waals surface area contributed by atoms with Crippen molar-refractivity contribution in [2.75, 3.05) is 6.54 Å². The summed E-state index contributed by atoms with van der Waals surface area (Å²) < 4.78 is 6.16. The molecule has 2 saturated heterocycles. The molecule has 0 aromatic carbocycles. The summed E-state index contributed by atoms with van der Waals surface area (Å²) in [6.45, 7) is 13.3. The number of rotatable bonds is 4. The van der Waals surface area contributed by atoms with Gasteiger partial charge in [0.05, 0.1) is 11.2 Å². The topological polar surface area (TPSA) is 75.8 Å². The predicted molar refractivity (Wildman–Crippen MR) is 96.1 cm³/mol. The van der Waals surface area contributed by atoms with E-state index in [-0.39, 0.29) is 22.8 Å². The zero-order chi connectivity index (χ0) is 18.3. The van der Waals surface area contributed by atoms with Crippen LogP contribution in [-0.2, 0) is 4.74 Å². The average molecular weight is 341 g/mol. The summed E-state index contributed by atoms with van der Waals surface area (Å²) in [6, 6.07) is 0.162. The van der Waals surface area contributed by atoms with Crippen molar-refractivity contribution in [2.24, 2.45) is 17.6 Å². The number of carbonyl (C=O) groups is 1. The van der Waals surface area contributed by atoms with E-state index < -0.39 is 6.09 Å².